The summed E-state index contributed by atoms with van der Waals surface area (Å²) in [6.45, 7) is 1.28. The molecule has 3 amide bonds. The number of urea groups is 1. The second-order valence-electron chi connectivity index (χ2n) is 6.85. The summed E-state index contributed by atoms with van der Waals surface area (Å²) in [5.41, 5.74) is 2.60. The molecule has 1 aromatic rings. The van der Waals surface area contributed by atoms with E-state index in [-0.39, 0.29) is 11.9 Å². The molecular weight excluding hydrogens is 318 g/mol. The highest BCUT2D eigenvalue weighted by Crippen LogP contribution is 2.33. The van der Waals surface area contributed by atoms with Crippen LogP contribution in [0.15, 0.2) is 18.2 Å². The molecule has 6 heteroatoms. The van der Waals surface area contributed by atoms with Crippen LogP contribution in [0.4, 0.5) is 4.79 Å². The Bertz CT molecular complexity index is 632. The van der Waals surface area contributed by atoms with Crippen LogP contribution in [0.2, 0.25) is 0 Å². The summed E-state index contributed by atoms with van der Waals surface area (Å²) < 4.78 is 5.30. The highest BCUT2D eigenvalue weighted by molar-refractivity contribution is 5.87. The molecule has 136 valence electrons. The van der Waals surface area contributed by atoms with E-state index in [2.05, 4.69) is 28.1 Å². The third kappa shape index (κ3) is 4.44. The molecule has 2 atom stereocenters. The highest BCUT2D eigenvalue weighted by Gasteiger charge is 2.24. The van der Waals surface area contributed by atoms with Crippen LogP contribution in [-0.2, 0) is 11.2 Å². The maximum atomic E-state index is 12.2. The lowest BCUT2D eigenvalue weighted by Gasteiger charge is -2.26. The Morgan fingerprint density at radius 2 is 2.16 bits per heavy atom. The largest absolute Gasteiger partial charge is 0.497 e. The molecule has 0 radical (unpaired) electrons. The molecule has 1 heterocycles. The van der Waals surface area contributed by atoms with E-state index in [9.17, 15) is 9.59 Å². The van der Waals surface area contributed by atoms with Crippen LogP contribution in [0.5, 0.6) is 5.75 Å². The first-order valence-electron chi connectivity index (χ1n) is 9.16. The van der Waals surface area contributed by atoms with E-state index >= 15 is 0 Å². The van der Waals surface area contributed by atoms with Crippen molar-refractivity contribution in [1.82, 2.24) is 16.0 Å². The lowest BCUT2D eigenvalue weighted by molar-refractivity contribution is -0.122. The molecule has 0 spiro atoms. The Balaban J connectivity index is 1.55. The zero-order valence-electron chi connectivity index (χ0n) is 14.8. The Kier molecular flexibility index (Phi) is 5.79. The summed E-state index contributed by atoms with van der Waals surface area (Å²) in [6, 6.07) is 5.49. The van der Waals surface area contributed by atoms with Crippen molar-refractivity contribution < 1.29 is 14.3 Å². The van der Waals surface area contributed by atoms with Gasteiger partial charge in [0.15, 0.2) is 0 Å². The quantitative estimate of drug-likeness (QED) is 0.782. The lowest BCUT2D eigenvalue weighted by atomic mass is 9.82. The fourth-order valence-corrected chi connectivity index (χ4v) is 3.73. The smallest absolute Gasteiger partial charge is 0.315 e. The number of ether oxygens (including phenoxy) is 1. The van der Waals surface area contributed by atoms with E-state index in [1.54, 1.807) is 7.11 Å². The molecule has 1 aliphatic heterocycles. The van der Waals surface area contributed by atoms with Crippen LogP contribution in [0.1, 0.15) is 49.1 Å². The standard InChI is InChI=1S/C19H27N3O3/c1-25-15-8-9-16-13(11-15)5-4-6-14(16)12-21-19(24)22-17-7-2-3-10-20-18(17)23/h8-9,11,14,17H,2-7,10,12H2,1H3,(H,20,23)(H2,21,22,24)/t14-,17-/m0/s1. The molecular formula is C19H27N3O3. The summed E-state index contributed by atoms with van der Waals surface area (Å²) in [5.74, 6) is 1.11. The van der Waals surface area contributed by atoms with Crippen molar-refractivity contribution in [2.24, 2.45) is 0 Å². The Morgan fingerprint density at radius 1 is 1.28 bits per heavy atom. The van der Waals surface area contributed by atoms with Crippen LogP contribution in [0.25, 0.3) is 0 Å². The lowest BCUT2D eigenvalue weighted by Crippen LogP contribution is -2.49. The maximum absolute atomic E-state index is 12.2. The van der Waals surface area contributed by atoms with Gasteiger partial charge in [-0.2, -0.15) is 0 Å². The fourth-order valence-electron chi connectivity index (χ4n) is 3.73. The number of aryl methyl sites for hydroxylation is 1. The predicted octanol–water partition coefficient (Wildman–Crippen LogP) is 2.08. The van der Waals surface area contributed by atoms with Gasteiger partial charge in [0.05, 0.1) is 7.11 Å². The molecule has 1 fully saturated rings. The van der Waals surface area contributed by atoms with Gasteiger partial charge in [0.2, 0.25) is 5.91 Å². The van der Waals surface area contributed by atoms with Crippen LogP contribution < -0.4 is 20.7 Å². The minimum atomic E-state index is -0.426. The van der Waals surface area contributed by atoms with E-state index in [0.29, 0.717) is 25.4 Å². The number of carbonyl (C=O) groups is 2. The van der Waals surface area contributed by atoms with E-state index in [4.69, 9.17) is 4.74 Å². The molecule has 6 nitrogen and oxygen atoms in total. The van der Waals surface area contributed by atoms with Crippen LogP contribution in [0.3, 0.4) is 0 Å². The molecule has 1 aromatic carbocycles. The Labute approximate surface area is 148 Å². The van der Waals surface area contributed by atoms with Crippen molar-refractivity contribution in [3.05, 3.63) is 29.3 Å². The SMILES string of the molecule is COc1ccc2c(c1)CCC[C@H]2CNC(=O)N[C@H]1CCCCNC1=O. The van der Waals surface area contributed by atoms with Crippen molar-refractivity contribution in [2.75, 3.05) is 20.2 Å². The molecule has 0 unspecified atom stereocenters. The predicted molar refractivity (Wildman–Crippen MR) is 95.9 cm³/mol. The zero-order chi connectivity index (χ0) is 17.6. The number of fused-ring (bicyclic) bond motifs is 1. The average molecular weight is 345 g/mol. The number of nitrogens with one attached hydrogen (secondary N) is 3. The average Bonchev–Trinajstić information content (AvgIpc) is 2.83. The summed E-state index contributed by atoms with van der Waals surface area (Å²) >= 11 is 0. The van der Waals surface area contributed by atoms with Gasteiger partial charge < -0.3 is 20.7 Å². The van der Waals surface area contributed by atoms with Gasteiger partial charge in [-0.1, -0.05) is 6.07 Å². The van der Waals surface area contributed by atoms with Crippen molar-refractivity contribution in [1.29, 1.82) is 0 Å². The first kappa shape index (κ1) is 17.6. The molecule has 2 aliphatic rings. The van der Waals surface area contributed by atoms with Crippen molar-refractivity contribution in [3.63, 3.8) is 0 Å². The molecule has 1 saturated heterocycles. The molecule has 3 N–H and O–H groups in total. The topological polar surface area (TPSA) is 79.5 Å². The molecule has 3 rings (SSSR count). The van der Waals surface area contributed by atoms with Crippen molar-refractivity contribution >= 4 is 11.9 Å². The van der Waals surface area contributed by atoms with Gasteiger partial charge in [-0.3, -0.25) is 4.79 Å². The normalized spacial score (nSPS) is 23.0. The third-order valence-electron chi connectivity index (χ3n) is 5.14. The number of hydrogen-bond donors (Lipinski definition) is 3. The third-order valence-corrected chi connectivity index (χ3v) is 5.14. The Morgan fingerprint density at radius 3 is 3.00 bits per heavy atom. The Hall–Kier alpha value is -2.24. The summed E-state index contributed by atoms with van der Waals surface area (Å²) in [5, 5.41) is 8.59. The number of benzene rings is 1. The zero-order valence-corrected chi connectivity index (χ0v) is 14.8. The van der Waals surface area contributed by atoms with Gasteiger partial charge in [-0.15, -0.1) is 0 Å². The monoisotopic (exact) mass is 345 g/mol. The maximum Gasteiger partial charge on any atom is 0.315 e. The van der Waals surface area contributed by atoms with Crippen LogP contribution in [0, 0.1) is 0 Å². The molecule has 0 bridgehead atoms. The molecule has 0 aromatic heterocycles. The van der Waals surface area contributed by atoms with Crippen LogP contribution in [-0.4, -0.2) is 38.2 Å². The van der Waals surface area contributed by atoms with E-state index in [1.807, 2.05) is 6.07 Å². The summed E-state index contributed by atoms with van der Waals surface area (Å²) in [4.78, 5) is 24.1. The minimum Gasteiger partial charge on any atom is -0.497 e. The van der Waals surface area contributed by atoms with Gasteiger partial charge in [-0.25, -0.2) is 4.79 Å². The van der Waals surface area contributed by atoms with E-state index in [1.165, 1.54) is 11.1 Å². The van der Waals surface area contributed by atoms with Gasteiger partial charge in [0, 0.05) is 19.0 Å². The number of amides is 3. The summed E-state index contributed by atoms with van der Waals surface area (Å²) in [6.07, 6.45) is 5.83. The van der Waals surface area contributed by atoms with Gasteiger partial charge in [-0.05, 0) is 61.8 Å². The first-order valence-corrected chi connectivity index (χ1v) is 9.16. The van der Waals surface area contributed by atoms with Gasteiger partial charge >= 0.3 is 6.03 Å². The van der Waals surface area contributed by atoms with Crippen molar-refractivity contribution in [3.8, 4) is 5.75 Å². The van der Waals surface area contributed by atoms with Gasteiger partial charge in [0.25, 0.3) is 0 Å². The van der Waals surface area contributed by atoms with Gasteiger partial charge in [0.1, 0.15) is 11.8 Å². The van der Waals surface area contributed by atoms with E-state index in [0.717, 1.165) is 37.9 Å². The second-order valence-corrected chi connectivity index (χ2v) is 6.85. The minimum absolute atomic E-state index is 0.0808. The number of rotatable bonds is 4. The molecule has 0 saturated carbocycles. The van der Waals surface area contributed by atoms with Crippen LogP contribution >= 0.6 is 0 Å². The number of carbonyl (C=O) groups excluding carboxylic acids is 2. The molecule has 25 heavy (non-hydrogen) atoms. The summed E-state index contributed by atoms with van der Waals surface area (Å²) in [7, 11) is 1.68. The fraction of sp³-hybridized carbons (Fsp3) is 0.579. The van der Waals surface area contributed by atoms with Crippen molar-refractivity contribution in [2.45, 2.75) is 50.5 Å². The molecule has 1 aliphatic carbocycles. The second kappa shape index (κ2) is 8.23. The first-order chi connectivity index (χ1) is 12.2. The number of methoxy groups -OCH3 is 1. The number of hydrogen-bond acceptors (Lipinski definition) is 3. The highest BCUT2D eigenvalue weighted by atomic mass is 16.5. The van der Waals surface area contributed by atoms with E-state index < -0.39 is 6.04 Å².